The van der Waals surface area contributed by atoms with Crippen molar-refractivity contribution in [3.63, 3.8) is 0 Å². The van der Waals surface area contributed by atoms with E-state index in [-0.39, 0.29) is 43.7 Å². The van der Waals surface area contributed by atoms with E-state index in [9.17, 15) is 0 Å². The fourth-order valence-corrected chi connectivity index (χ4v) is 0.0602. The number of nitrogens with two attached hydrogens (primary N) is 1. The molecule has 0 unspecified atom stereocenters. The average Bonchev–Trinajstić information content (AvgIpc) is 1.35. The summed E-state index contributed by atoms with van der Waals surface area (Å²) in [6.45, 7) is 0. The normalized spacial score (nSPS) is 5.00. The summed E-state index contributed by atoms with van der Waals surface area (Å²) in [5.74, 6) is -0.322. The van der Waals surface area contributed by atoms with E-state index in [0.29, 0.717) is 0 Å². The third-order valence-corrected chi connectivity index (χ3v) is 0.191. The first kappa shape index (κ1) is 10.1. The summed E-state index contributed by atoms with van der Waals surface area (Å²) >= 11 is 0. The van der Waals surface area contributed by atoms with Gasteiger partial charge in [0.1, 0.15) is 0 Å². The Hall–Kier alpha value is 0.0197. The van der Waals surface area contributed by atoms with Crippen molar-refractivity contribution >= 4 is 43.7 Å². The van der Waals surface area contributed by atoms with Gasteiger partial charge in [-0.25, -0.2) is 0 Å². The van der Waals surface area contributed by atoms with E-state index in [0.717, 1.165) is 0 Å². The topological polar surface area (TPSA) is 85.7 Å². The molecule has 0 aromatic carbocycles. The first-order valence-corrected chi connectivity index (χ1v) is 1.26. The zero-order valence-corrected chi connectivity index (χ0v) is 3.02. The van der Waals surface area contributed by atoms with Crippen molar-refractivity contribution in [1.82, 2.24) is 5.32 Å². The van der Waals surface area contributed by atoms with E-state index in [1.165, 1.54) is 6.19 Å². The second kappa shape index (κ2) is 6.02. The van der Waals surface area contributed by atoms with Crippen molar-refractivity contribution in [2.24, 2.45) is 5.73 Å². The number of nitrogens with zero attached hydrogens (tertiary/aromatic N) is 1. The molecule has 0 amide bonds. The van der Waals surface area contributed by atoms with Gasteiger partial charge in [0.25, 0.3) is 0 Å². The quantitative estimate of drug-likeness (QED) is 0.116. The Morgan fingerprint density at radius 2 is 2.29 bits per heavy atom. The van der Waals surface area contributed by atoms with Gasteiger partial charge in [0.2, 0.25) is 0 Å². The zero-order valence-electron chi connectivity index (χ0n) is 3.02. The molecule has 0 rings (SSSR count). The Balaban J connectivity index is 0. The molecule has 0 heterocycles. The van der Waals surface area contributed by atoms with Crippen molar-refractivity contribution in [2.75, 3.05) is 0 Å². The molecule has 0 fully saturated rings. The molecule has 0 aliphatic carbocycles. The first-order chi connectivity index (χ1) is 2.77. The summed E-state index contributed by atoms with van der Waals surface area (Å²) in [4.78, 5) is 0. The number of guanidine groups is 1. The van der Waals surface area contributed by atoms with Crippen molar-refractivity contribution in [3.8, 4) is 6.19 Å². The van der Waals surface area contributed by atoms with Crippen molar-refractivity contribution in [2.45, 2.75) is 0 Å². The molecule has 0 bridgehead atoms. The molecule has 0 saturated carbocycles. The summed E-state index contributed by atoms with van der Waals surface area (Å²) < 4.78 is 0. The molecule has 0 radical (unpaired) electrons. The number of hydrogen-bond acceptors (Lipinski definition) is 2. The fourth-order valence-electron chi connectivity index (χ4n) is 0.0602. The van der Waals surface area contributed by atoms with Crippen LogP contribution in [0.3, 0.4) is 0 Å². The number of nitrogens with one attached hydrogen (secondary N) is 2. The predicted octanol–water partition coefficient (Wildman–Crippen LogP) is -1.97. The van der Waals surface area contributed by atoms with Gasteiger partial charge in [0.05, 0.1) is 0 Å². The average molecular weight is 126 g/mol. The molecule has 0 aromatic rings. The van der Waals surface area contributed by atoms with Crippen LogP contribution >= 0.6 is 0 Å². The van der Waals surface area contributed by atoms with E-state index >= 15 is 0 Å². The van der Waals surface area contributed by atoms with Crippen LogP contribution in [0.25, 0.3) is 0 Å². The van der Waals surface area contributed by atoms with Crippen LogP contribution in [0.15, 0.2) is 0 Å². The molecule has 0 spiro atoms. The molecule has 0 aromatic heterocycles. The van der Waals surface area contributed by atoms with Gasteiger partial charge < -0.3 is 5.73 Å². The van der Waals surface area contributed by atoms with Crippen LogP contribution in [0.4, 0.5) is 0 Å². The van der Waals surface area contributed by atoms with Crippen molar-refractivity contribution in [1.29, 1.82) is 10.7 Å². The molecule has 4 nitrogen and oxygen atoms in total. The third kappa shape index (κ3) is 10.7. The Morgan fingerprint density at radius 3 is 2.29 bits per heavy atom. The van der Waals surface area contributed by atoms with E-state index in [1.807, 2.05) is 5.32 Å². The van der Waals surface area contributed by atoms with E-state index in [1.54, 1.807) is 0 Å². The molecular formula is C2H6CaN4. The minimum absolute atomic E-state index is 0. The van der Waals surface area contributed by atoms with Crippen molar-refractivity contribution in [3.05, 3.63) is 0 Å². The molecule has 0 atom stereocenters. The van der Waals surface area contributed by atoms with Gasteiger partial charge in [0, 0.05) is 0 Å². The Kier molecular flexibility index (Phi) is 8.68. The van der Waals surface area contributed by atoms with Gasteiger partial charge in [-0.2, -0.15) is 5.26 Å². The number of hydrogen-bond donors (Lipinski definition) is 3. The maximum absolute atomic E-state index is 7.65. The third-order valence-electron chi connectivity index (χ3n) is 0.191. The van der Waals surface area contributed by atoms with Crippen LogP contribution in [0.2, 0.25) is 0 Å². The molecule has 4 N–H and O–H groups in total. The van der Waals surface area contributed by atoms with Crippen LogP contribution < -0.4 is 11.1 Å². The summed E-state index contributed by atoms with van der Waals surface area (Å²) in [6.07, 6.45) is 1.47. The van der Waals surface area contributed by atoms with Gasteiger partial charge in [0.15, 0.2) is 12.2 Å². The van der Waals surface area contributed by atoms with Gasteiger partial charge in [-0.3, -0.25) is 10.7 Å². The number of nitriles is 1. The monoisotopic (exact) mass is 126 g/mol. The molecule has 7 heavy (non-hydrogen) atoms. The Bertz CT molecular complexity index is 92.4. The second-order valence-corrected chi connectivity index (χ2v) is 0.650. The second-order valence-electron chi connectivity index (χ2n) is 0.650. The van der Waals surface area contributed by atoms with E-state index < -0.39 is 0 Å². The molecule has 36 valence electrons. The standard InChI is InChI=1S/C2H4N4.Ca.2H/c3-1-6-2(4)5;;;/h(H4,4,5,6);;;. The molecule has 0 saturated heterocycles. The van der Waals surface area contributed by atoms with E-state index in [4.69, 9.17) is 10.7 Å². The SMILES string of the molecule is N#CNC(=N)N.[CaH2]. The zero-order chi connectivity index (χ0) is 4.99. The van der Waals surface area contributed by atoms with Crippen molar-refractivity contribution < 1.29 is 0 Å². The predicted molar refractivity (Wildman–Crippen MR) is 29.2 cm³/mol. The molecule has 0 aliphatic heterocycles. The first-order valence-electron chi connectivity index (χ1n) is 1.26. The van der Waals surface area contributed by atoms with Crippen LogP contribution in [-0.2, 0) is 0 Å². The summed E-state index contributed by atoms with van der Waals surface area (Å²) in [7, 11) is 0. The summed E-state index contributed by atoms with van der Waals surface area (Å²) in [6, 6.07) is 0. The van der Waals surface area contributed by atoms with Gasteiger partial charge in [-0.15, -0.1) is 0 Å². The molecule has 5 heteroatoms. The minimum atomic E-state index is -0.322. The number of rotatable bonds is 0. The Labute approximate surface area is 71.2 Å². The van der Waals surface area contributed by atoms with Gasteiger partial charge in [-0.1, -0.05) is 0 Å². The van der Waals surface area contributed by atoms with Crippen LogP contribution in [0.5, 0.6) is 0 Å². The van der Waals surface area contributed by atoms with Gasteiger partial charge >= 0.3 is 37.7 Å². The molecule has 0 aliphatic rings. The van der Waals surface area contributed by atoms with Gasteiger partial charge in [-0.05, 0) is 0 Å². The Morgan fingerprint density at radius 1 is 1.86 bits per heavy atom. The fraction of sp³-hybridized carbons (Fsp3) is 0. The summed E-state index contributed by atoms with van der Waals surface area (Å²) in [5.41, 5.74) is 4.65. The van der Waals surface area contributed by atoms with Crippen LogP contribution in [-0.4, -0.2) is 43.7 Å². The molecular weight excluding hydrogens is 120 g/mol. The van der Waals surface area contributed by atoms with Crippen LogP contribution in [0, 0.1) is 16.9 Å². The maximum atomic E-state index is 7.65. The van der Waals surface area contributed by atoms with Crippen LogP contribution in [0.1, 0.15) is 0 Å². The van der Waals surface area contributed by atoms with E-state index in [2.05, 4.69) is 5.73 Å². The summed E-state index contributed by atoms with van der Waals surface area (Å²) in [5, 5.41) is 15.9.